The van der Waals surface area contributed by atoms with Crippen LogP contribution in [0, 0.1) is 5.92 Å². The summed E-state index contributed by atoms with van der Waals surface area (Å²) in [7, 11) is 0. The molecule has 1 N–H and O–H groups in total. The fourth-order valence-corrected chi connectivity index (χ4v) is 1.77. The molecule has 0 bridgehead atoms. The lowest BCUT2D eigenvalue weighted by molar-refractivity contribution is 0.0152. The maximum atomic E-state index is 9.47. The molecule has 0 aliphatic rings. The molecule has 0 aliphatic heterocycles. The van der Waals surface area contributed by atoms with Crippen molar-refractivity contribution in [3.63, 3.8) is 0 Å². The van der Waals surface area contributed by atoms with Crippen LogP contribution in [0.1, 0.15) is 27.7 Å². The molecular formula is C10H22O2S. The summed E-state index contributed by atoms with van der Waals surface area (Å²) in [5, 5.41) is 9.47. The van der Waals surface area contributed by atoms with Crippen molar-refractivity contribution in [2.45, 2.75) is 39.9 Å². The number of thioether (sulfide) groups is 1. The Morgan fingerprint density at radius 1 is 1.15 bits per heavy atom. The summed E-state index contributed by atoms with van der Waals surface area (Å²) in [5.74, 6) is 2.59. The average molecular weight is 206 g/mol. The summed E-state index contributed by atoms with van der Waals surface area (Å²) in [5.41, 5.74) is 0. The predicted octanol–water partition coefficient (Wildman–Crippen LogP) is 2.16. The van der Waals surface area contributed by atoms with Crippen molar-refractivity contribution in [1.82, 2.24) is 0 Å². The first-order valence-corrected chi connectivity index (χ1v) is 6.05. The van der Waals surface area contributed by atoms with Gasteiger partial charge in [0, 0.05) is 5.75 Å². The molecular weight excluding hydrogens is 184 g/mol. The van der Waals surface area contributed by atoms with E-state index in [1.807, 2.05) is 13.8 Å². The van der Waals surface area contributed by atoms with Crippen LogP contribution in [0.25, 0.3) is 0 Å². The van der Waals surface area contributed by atoms with Gasteiger partial charge in [-0.15, -0.1) is 0 Å². The van der Waals surface area contributed by atoms with Crippen LogP contribution in [0.5, 0.6) is 0 Å². The van der Waals surface area contributed by atoms with Crippen molar-refractivity contribution in [2.75, 3.05) is 18.1 Å². The maximum Gasteiger partial charge on any atom is 0.0863 e. The van der Waals surface area contributed by atoms with Gasteiger partial charge in [-0.1, -0.05) is 13.8 Å². The molecule has 0 saturated heterocycles. The molecule has 3 heteroatoms. The minimum Gasteiger partial charge on any atom is -0.390 e. The Bertz CT molecular complexity index is 115. The quantitative estimate of drug-likeness (QED) is 0.692. The molecule has 80 valence electrons. The van der Waals surface area contributed by atoms with Crippen molar-refractivity contribution in [1.29, 1.82) is 0 Å². The first kappa shape index (κ1) is 13.3. The van der Waals surface area contributed by atoms with Crippen molar-refractivity contribution in [3.8, 4) is 0 Å². The summed E-state index contributed by atoms with van der Waals surface area (Å²) < 4.78 is 5.30. The predicted molar refractivity (Wildman–Crippen MR) is 59.3 cm³/mol. The van der Waals surface area contributed by atoms with Crippen LogP contribution >= 0.6 is 11.8 Å². The van der Waals surface area contributed by atoms with Gasteiger partial charge in [-0.25, -0.2) is 0 Å². The van der Waals surface area contributed by atoms with E-state index < -0.39 is 0 Å². The molecule has 1 atom stereocenters. The van der Waals surface area contributed by atoms with Gasteiger partial charge in [0.15, 0.2) is 0 Å². The standard InChI is InChI=1S/C10H22O2S/c1-8(2)6-13-7-10(11)5-12-9(3)4/h8-11H,5-7H2,1-4H3. The maximum absolute atomic E-state index is 9.47. The third kappa shape index (κ3) is 10.2. The molecule has 0 aromatic carbocycles. The minimum absolute atomic E-state index is 0.213. The van der Waals surface area contributed by atoms with E-state index in [1.165, 1.54) is 0 Å². The largest absolute Gasteiger partial charge is 0.390 e. The molecule has 0 saturated carbocycles. The molecule has 0 rings (SSSR count). The van der Waals surface area contributed by atoms with Crippen molar-refractivity contribution in [3.05, 3.63) is 0 Å². The molecule has 1 unspecified atom stereocenters. The zero-order valence-corrected chi connectivity index (χ0v) is 9.93. The molecule has 0 radical (unpaired) electrons. The number of hydrogen-bond donors (Lipinski definition) is 1. The van der Waals surface area contributed by atoms with E-state index in [0.717, 1.165) is 11.5 Å². The van der Waals surface area contributed by atoms with E-state index in [2.05, 4.69) is 13.8 Å². The topological polar surface area (TPSA) is 29.5 Å². The zero-order valence-electron chi connectivity index (χ0n) is 9.12. The van der Waals surface area contributed by atoms with Gasteiger partial charge in [0.1, 0.15) is 0 Å². The smallest absolute Gasteiger partial charge is 0.0863 e. The van der Waals surface area contributed by atoms with Gasteiger partial charge in [-0.05, 0) is 25.5 Å². The molecule has 2 nitrogen and oxygen atoms in total. The van der Waals surface area contributed by atoms with Crippen LogP contribution in [0.3, 0.4) is 0 Å². The van der Waals surface area contributed by atoms with Crippen molar-refractivity contribution in [2.24, 2.45) is 5.92 Å². The lowest BCUT2D eigenvalue weighted by Crippen LogP contribution is -2.21. The minimum atomic E-state index is -0.314. The van der Waals surface area contributed by atoms with Crippen LogP contribution in [0.2, 0.25) is 0 Å². The Kier molecular flexibility index (Phi) is 7.81. The van der Waals surface area contributed by atoms with Crippen molar-refractivity contribution >= 4 is 11.8 Å². The Labute approximate surface area is 86.1 Å². The highest BCUT2D eigenvalue weighted by molar-refractivity contribution is 7.99. The third-order valence-electron chi connectivity index (χ3n) is 1.38. The van der Waals surface area contributed by atoms with E-state index in [1.54, 1.807) is 11.8 Å². The molecule has 0 fully saturated rings. The van der Waals surface area contributed by atoms with E-state index in [9.17, 15) is 5.11 Å². The second-order valence-electron chi connectivity index (χ2n) is 3.97. The monoisotopic (exact) mass is 206 g/mol. The van der Waals surface area contributed by atoms with E-state index >= 15 is 0 Å². The number of ether oxygens (including phenoxy) is 1. The highest BCUT2D eigenvalue weighted by Gasteiger charge is 2.06. The highest BCUT2D eigenvalue weighted by atomic mass is 32.2. The molecule has 0 heterocycles. The third-order valence-corrected chi connectivity index (χ3v) is 2.91. The van der Waals surface area contributed by atoms with Crippen LogP contribution in [-0.4, -0.2) is 35.4 Å². The number of aliphatic hydroxyl groups excluding tert-OH is 1. The van der Waals surface area contributed by atoms with E-state index in [0.29, 0.717) is 12.5 Å². The van der Waals surface area contributed by atoms with Gasteiger partial charge < -0.3 is 9.84 Å². The Hall–Kier alpha value is 0.270. The Balaban J connectivity index is 3.25. The summed E-state index contributed by atoms with van der Waals surface area (Å²) in [4.78, 5) is 0. The fraction of sp³-hybridized carbons (Fsp3) is 1.00. The van der Waals surface area contributed by atoms with Gasteiger partial charge in [0.05, 0.1) is 18.8 Å². The summed E-state index contributed by atoms with van der Waals surface area (Å²) in [6.07, 6.45) is -0.101. The molecule has 0 amide bonds. The van der Waals surface area contributed by atoms with Gasteiger partial charge >= 0.3 is 0 Å². The van der Waals surface area contributed by atoms with Crippen LogP contribution in [0.15, 0.2) is 0 Å². The molecule has 0 spiro atoms. The number of rotatable bonds is 7. The van der Waals surface area contributed by atoms with E-state index in [-0.39, 0.29) is 12.2 Å². The first-order chi connectivity index (χ1) is 6.02. The first-order valence-electron chi connectivity index (χ1n) is 4.89. The van der Waals surface area contributed by atoms with E-state index in [4.69, 9.17) is 4.74 Å². The summed E-state index contributed by atoms with van der Waals surface area (Å²) >= 11 is 1.79. The lowest BCUT2D eigenvalue weighted by atomic mass is 10.3. The Morgan fingerprint density at radius 2 is 1.77 bits per heavy atom. The average Bonchev–Trinajstić information content (AvgIpc) is 2.00. The highest BCUT2D eigenvalue weighted by Crippen LogP contribution is 2.09. The summed E-state index contributed by atoms with van der Waals surface area (Å²) in [6.45, 7) is 8.79. The number of hydrogen-bond acceptors (Lipinski definition) is 3. The normalized spacial score (nSPS) is 14.1. The van der Waals surface area contributed by atoms with Crippen LogP contribution < -0.4 is 0 Å². The molecule has 0 aromatic rings. The second kappa shape index (κ2) is 7.65. The van der Waals surface area contributed by atoms with Crippen LogP contribution in [-0.2, 0) is 4.74 Å². The zero-order chi connectivity index (χ0) is 10.3. The lowest BCUT2D eigenvalue weighted by Gasteiger charge is -2.13. The SMILES string of the molecule is CC(C)CSCC(O)COC(C)C. The van der Waals surface area contributed by atoms with Crippen molar-refractivity contribution < 1.29 is 9.84 Å². The van der Waals surface area contributed by atoms with Gasteiger partial charge in [-0.3, -0.25) is 0 Å². The molecule has 0 aliphatic carbocycles. The van der Waals surface area contributed by atoms with Gasteiger partial charge in [-0.2, -0.15) is 11.8 Å². The fourth-order valence-electron chi connectivity index (χ4n) is 0.791. The van der Waals surface area contributed by atoms with Crippen LogP contribution in [0.4, 0.5) is 0 Å². The Morgan fingerprint density at radius 3 is 2.23 bits per heavy atom. The second-order valence-corrected chi connectivity index (χ2v) is 5.04. The summed E-state index contributed by atoms with van der Waals surface area (Å²) in [6, 6.07) is 0. The van der Waals surface area contributed by atoms with Gasteiger partial charge in [0.2, 0.25) is 0 Å². The number of aliphatic hydroxyl groups is 1. The molecule has 13 heavy (non-hydrogen) atoms. The van der Waals surface area contributed by atoms with Gasteiger partial charge in [0.25, 0.3) is 0 Å². The molecule has 0 aromatic heterocycles.